The van der Waals surface area contributed by atoms with Crippen LogP contribution in [0.4, 0.5) is 4.39 Å². The Balaban J connectivity index is 1.40. The highest BCUT2D eigenvalue weighted by Gasteiger charge is 2.29. The van der Waals surface area contributed by atoms with Gasteiger partial charge >= 0.3 is 0 Å². The fourth-order valence-corrected chi connectivity index (χ4v) is 4.43. The van der Waals surface area contributed by atoms with Gasteiger partial charge in [0.15, 0.2) is 0 Å². The first-order chi connectivity index (χ1) is 14.4. The number of hydrogen-bond acceptors (Lipinski definition) is 4. The molecule has 0 atom stereocenters. The number of piperidine rings is 1. The number of carbonyl (C=O) groups excluding carboxylic acids is 1. The quantitative estimate of drug-likeness (QED) is 0.651. The van der Waals surface area contributed by atoms with E-state index in [4.69, 9.17) is 4.74 Å². The summed E-state index contributed by atoms with van der Waals surface area (Å²) in [4.78, 5) is 12.3. The summed E-state index contributed by atoms with van der Waals surface area (Å²) in [6.45, 7) is 1.22. The van der Waals surface area contributed by atoms with Crippen LogP contribution in [0.1, 0.15) is 18.4 Å². The lowest BCUT2D eigenvalue weighted by atomic mass is 9.97. The number of nitrogens with one attached hydrogen (secondary N) is 1. The maximum Gasteiger partial charge on any atom is 0.236 e. The zero-order chi connectivity index (χ0) is 21.4. The topological polar surface area (TPSA) is 75.7 Å². The van der Waals surface area contributed by atoms with Crippen molar-refractivity contribution in [3.8, 4) is 5.75 Å². The molecule has 1 N–H and O–H groups in total. The predicted octanol–water partition coefficient (Wildman–Crippen LogP) is 3.03. The number of nitrogens with zero attached hydrogens (tertiary/aromatic N) is 1. The molecule has 0 saturated carbocycles. The van der Waals surface area contributed by atoms with Crippen molar-refractivity contribution < 1.29 is 22.3 Å². The molecular weight excluding hydrogens is 407 g/mol. The first-order valence-electron chi connectivity index (χ1n) is 9.83. The van der Waals surface area contributed by atoms with Crippen LogP contribution in [0.2, 0.25) is 0 Å². The van der Waals surface area contributed by atoms with Gasteiger partial charge in [-0.05, 0) is 48.7 Å². The maximum absolute atomic E-state index is 12.9. The molecule has 6 nitrogen and oxygen atoms in total. The van der Waals surface area contributed by atoms with Crippen molar-refractivity contribution in [2.24, 2.45) is 5.92 Å². The lowest BCUT2D eigenvalue weighted by molar-refractivity contribution is -0.126. The molecule has 30 heavy (non-hydrogen) atoms. The standard InChI is InChI=1S/C22H25FN2O4S/c23-20-6-8-21(9-7-20)29-16-13-24-22(26)19-10-14-25(15-11-19)30(27,28)17-12-18-4-2-1-3-5-18/h1-9,12,17,19H,10-11,13-16H2,(H,24,26)/b17-12+. The van der Waals surface area contributed by atoms with Gasteiger partial charge < -0.3 is 10.1 Å². The minimum Gasteiger partial charge on any atom is -0.492 e. The Kier molecular flexibility index (Phi) is 7.59. The molecule has 1 heterocycles. The fourth-order valence-electron chi connectivity index (χ4n) is 3.21. The highest BCUT2D eigenvalue weighted by molar-refractivity contribution is 7.92. The van der Waals surface area contributed by atoms with Crippen molar-refractivity contribution >= 4 is 22.0 Å². The molecule has 0 radical (unpaired) electrons. The van der Waals surface area contributed by atoms with Crippen LogP contribution in [0.25, 0.3) is 6.08 Å². The summed E-state index contributed by atoms with van der Waals surface area (Å²) in [7, 11) is -3.51. The van der Waals surface area contributed by atoms with E-state index in [-0.39, 0.29) is 24.2 Å². The van der Waals surface area contributed by atoms with Crippen molar-refractivity contribution in [3.05, 3.63) is 71.4 Å². The van der Waals surface area contributed by atoms with Gasteiger partial charge in [-0.15, -0.1) is 0 Å². The third-order valence-corrected chi connectivity index (χ3v) is 6.47. The number of carbonyl (C=O) groups is 1. The number of amides is 1. The lowest BCUT2D eigenvalue weighted by Crippen LogP contribution is -2.43. The summed E-state index contributed by atoms with van der Waals surface area (Å²) in [5.74, 6) is -0.123. The summed E-state index contributed by atoms with van der Waals surface area (Å²) in [5.41, 5.74) is 0.818. The summed E-state index contributed by atoms with van der Waals surface area (Å²) >= 11 is 0. The Hall–Kier alpha value is -2.71. The molecule has 0 spiro atoms. The molecule has 1 fully saturated rings. The van der Waals surface area contributed by atoms with E-state index in [9.17, 15) is 17.6 Å². The average Bonchev–Trinajstić information content (AvgIpc) is 2.77. The number of hydrogen-bond donors (Lipinski definition) is 1. The second kappa shape index (κ2) is 10.4. The molecule has 0 bridgehead atoms. The first kappa shape index (κ1) is 22.0. The highest BCUT2D eigenvalue weighted by Crippen LogP contribution is 2.21. The Morgan fingerprint density at radius 3 is 2.43 bits per heavy atom. The zero-order valence-electron chi connectivity index (χ0n) is 16.5. The van der Waals surface area contributed by atoms with E-state index < -0.39 is 10.0 Å². The van der Waals surface area contributed by atoms with Gasteiger partial charge in [-0.25, -0.2) is 12.8 Å². The minimum absolute atomic E-state index is 0.102. The van der Waals surface area contributed by atoms with Gasteiger partial charge in [-0.1, -0.05) is 30.3 Å². The molecule has 8 heteroatoms. The summed E-state index contributed by atoms with van der Waals surface area (Å²) in [5, 5.41) is 4.03. The molecular formula is C22H25FN2O4S. The van der Waals surface area contributed by atoms with Gasteiger partial charge in [0.25, 0.3) is 0 Å². The van der Waals surface area contributed by atoms with E-state index in [1.165, 1.54) is 34.0 Å². The molecule has 2 aromatic rings. The van der Waals surface area contributed by atoms with E-state index >= 15 is 0 Å². The van der Waals surface area contributed by atoms with Gasteiger partial charge in [0.2, 0.25) is 15.9 Å². The van der Waals surface area contributed by atoms with Crippen LogP contribution in [0.5, 0.6) is 5.75 Å². The predicted molar refractivity (Wildman–Crippen MR) is 114 cm³/mol. The Bertz CT molecular complexity index is 954. The highest BCUT2D eigenvalue weighted by atomic mass is 32.2. The van der Waals surface area contributed by atoms with Crippen LogP contribution in [-0.2, 0) is 14.8 Å². The molecule has 0 unspecified atom stereocenters. The SMILES string of the molecule is O=C(NCCOc1ccc(F)cc1)C1CCN(S(=O)(=O)/C=C/c2ccccc2)CC1. The maximum atomic E-state index is 12.9. The van der Waals surface area contributed by atoms with E-state index in [1.807, 2.05) is 30.3 Å². The Morgan fingerprint density at radius 1 is 1.10 bits per heavy atom. The lowest BCUT2D eigenvalue weighted by Gasteiger charge is -2.29. The van der Waals surface area contributed by atoms with Crippen LogP contribution < -0.4 is 10.1 Å². The number of ether oxygens (including phenoxy) is 1. The van der Waals surface area contributed by atoms with Crippen molar-refractivity contribution in [2.45, 2.75) is 12.8 Å². The smallest absolute Gasteiger partial charge is 0.236 e. The molecule has 3 rings (SSSR count). The molecule has 0 aromatic heterocycles. The van der Waals surface area contributed by atoms with Crippen molar-refractivity contribution in [2.75, 3.05) is 26.2 Å². The molecule has 2 aromatic carbocycles. The number of rotatable bonds is 8. The van der Waals surface area contributed by atoms with Crippen LogP contribution in [-0.4, -0.2) is 44.9 Å². The van der Waals surface area contributed by atoms with E-state index in [2.05, 4.69) is 5.32 Å². The third-order valence-electron chi connectivity index (χ3n) is 4.90. The van der Waals surface area contributed by atoms with Crippen molar-refractivity contribution in [3.63, 3.8) is 0 Å². The number of halogens is 1. The minimum atomic E-state index is -3.51. The Labute approximate surface area is 176 Å². The average molecular weight is 433 g/mol. The summed E-state index contributed by atoms with van der Waals surface area (Å²) in [6.07, 6.45) is 2.53. The van der Waals surface area contributed by atoms with Gasteiger partial charge in [-0.3, -0.25) is 4.79 Å². The monoisotopic (exact) mass is 432 g/mol. The van der Waals surface area contributed by atoms with Gasteiger partial charge in [0, 0.05) is 24.4 Å². The van der Waals surface area contributed by atoms with E-state index in [0.29, 0.717) is 38.2 Å². The van der Waals surface area contributed by atoms with Gasteiger partial charge in [-0.2, -0.15) is 4.31 Å². The van der Waals surface area contributed by atoms with E-state index in [0.717, 1.165) is 5.56 Å². The molecule has 1 aliphatic heterocycles. The Morgan fingerprint density at radius 2 is 1.77 bits per heavy atom. The van der Waals surface area contributed by atoms with Crippen LogP contribution in [0, 0.1) is 11.7 Å². The fraction of sp³-hybridized carbons (Fsp3) is 0.318. The molecule has 160 valence electrons. The first-order valence-corrected chi connectivity index (χ1v) is 11.3. The third kappa shape index (κ3) is 6.40. The second-order valence-corrected chi connectivity index (χ2v) is 8.84. The number of sulfonamides is 1. The van der Waals surface area contributed by atoms with Crippen LogP contribution in [0.15, 0.2) is 60.0 Å². The number of benzene rings is 2. The van der Waals surface area contributed by atoms with Crippen LogP contribution in [0.3, 0.4) is 0 Å². The summed E-state index contributed by atoms with van der Waals surface area (Å²) < 4.78 is 44.7. The van der Waals surface area contributed by atoms with Gasteiger partial charge in [0.05, 0.1) is 6.54 Å². The molecule has 1 amide bonds. The van der Waals surface area contributed by atoms with Gasteiger partial charge in [0.1, 0.15) is 18.2 Å². The largest absolute Gasteiger partial charge is 0.492 e. The zero-order valence-corrected chi connectivity index (χ0v) is 17.4. The summed E-state index contributed by atoms with van der Waals surface area (Å²) in [6, 6.07) is 14.9. The molecule has 1 saturated heterocycles. The molecule has 1 aliphatic rings. The normalized spacial score (nSPS) is 15.9. The second-order valence-electron chi connectivity index (χ2n) is 7.03. The van der Waals surface area contributed by atoms with Crippen LogP contribution >= 0.6 is 0 Å². The van der Waals surface area contributed by atoms with Crippen molar-refractivity contribution in [1.82, 2.24) is 9.62 Å². The van der Waals surface area contributed by atoms with Crippen molar-refractivity contribution in [1.29, 1.82) is 0 Å². The molecule has 0 aliphatic carbocycles. The van der Waals surface area contributed by atoms with E-state index in [1.54, 1.807) is 6.08 Å².